The van der Waals surface area contributed by atoms with Gasteiger partial charge in [-0.1, -0.05) is 67.0 Å². The number of hydrogen-bond donors (Lipinski definition) is 0. The van der Waals surface area contributed by atoms with Gasteiger partial charge in [-0.15, -0.1) is 0 Å². The van der Waals surface area contributed by atoms with Crippen LogP contribution in [-0.4, -0.2) is 11.8 Å². The van der Waals surface area contributed by atoms with Crippen LogP contribution in [0.25, 0.3) is 0 Å². The van der Waals surface area contributed by atoms with Crippen LogP contribution in [0, 0.1) is 11.3 Å². The number of carbonyl (C=O) groups excluding carboxylic acids is 1. The van der Waals surface area contributed by atoms with Gasteiger partial charge in [-0.3, -0.25) is 0 Å². The Morgan fingerprint density at radius 3 is 1.77 bits per heavy atom. The van der Waals surface area contributed by atoms with Crippen LogP contribution in [0.4, 0.5) is 4.79 Å². The molecule has 150 valence electrons. The van der Waals surface area contributed by atoms with E-state index in [-0.39, 0.29) is 5.41 Å². The average molecular weight is 365 g/mol. The van der Waals surface area contributed by atoms with E-state index in [0.717, 1.165) is 6.42 Å². The molecule has 0 aliphatic rings. The normalized spacial score (nSPS) is 12.9. The van der Waals surface area contributed by atoms with E-state index in [0.29, 0.717) is 17.6 Å². The lowest BCUT2D eigenvalue weighted by Gasteiger charge is -2.32. The Labute approximate surface area is 161 Å². The zero-order valence-electron chi connectivity index (χ0n) is 18.6. The molecule has 0 radical (unpaired) electrons. The molecule has 0 aromatic heterocycles. The fourth-order valence-corrected chi connectivity index (χ4v) is 2.60. The highest BCUT2D eigenvalue weighted by Gasteiger charge is 2.27. The summed E-state index contributed by atoms with van der Waals surface area (Å²) < 4.78 is 10.4. The van der Waals surface area contributed by atoms with Gasteiger partial charge in [-0.25, -0.2) is 4.79 Å². The largest absolute Gasteiger partial charge is 0.514 e. The molecule has 1 aromatic carbocycles. The first kappa shape index (κ1) is 24.5. The molecule has 1 unspecified atom stereocenters. The van der Waals surface area contributed by atoms with Crippen molar-refractivity contribution in [3.8, 4) is 5.75 Å². The van der Waals surface area contributed by atoms with Gasteiger partial charge in [0.1, 0.15) is 11.4 Å². The van der Waals surface area contributed by atoms with Crippen molar-refractivity contribution in [3.05, 3.63) is 29.8 Å². The molecule has 1 aromatic rings. The van der Waals surface area contributed by atoms with Gasteiger partial charge >= 0.3 is 6.16 Å². The Balaban J connectivity index is 0.00000194. The maximum atomic E-state index is 11.7. The first-order valence-corrected chi connectivity index (χ1v) is 9.80. The number of rotatable bonds is 4. The highest BCUT2D eigenvalue weighted by Crippen LogP contribution is 2.40. The molecule has 3 nitrogen and oxygen atoms in total. The number of ether oxygens (including phenoxy) is 2. The Bertz CT molecular complexity index is 516. The van der Waals surface area contributed by atoms with Gasteiger partial charge in [0.2, 0.25) is 0 Å². The zero-order chi connectivity index (χ0) is 20.5. The first-order valence-electron chi connectivity index (χ1n) is 9.80. The Kier molecular flexibility index (Phi) is 9.98. The summed E-state index contributed by atoms with van der Waals surface area (Å²) in [4.78, 5) is 11.7. The van der Waals surface area contributed by atoms with Crippen LogP contribution in [0.5, 0.6) is 5.75 Å². The minimum atomic E-state index is -0.667. The van der Waals surface area contributed by atoms with Gasteiger partial charge in [-0.05, 0) is 62.1 Å². The Morgan fingerprint density at radius 2 is 1.42 bits per heavy atom. The highest BCUT2D eigenvalue weighted by atomic mass is 16.7. The monoisotopic (exact) mass is 364 g/mol. The average Bonchev–Trinajstić information content (AvgIpc) is 2.43. The van der Waals surface area contributed by atoms with Gasteiger partial charge in [0, 0.05) is 0 Å². The van der Waals surface area contributed by atoms with Crippen LogP contribution in [0.2, 0.25) is 0 Å². The molecule has 1 rings (SSSR count). The summed E-state index contributed by atoms with van der Waals surface area (Å²) in [7, 11) is 0. The van der Waals surface area contributed by atoms with Crippen LogP contribution in [0.1, 0.15) is 93.6 Å². The van der Waals surface area contributed by atoms with E-state index >= 15 is 0 Å². The Hall–Kier alpha value is -1.51. The van der Waals surface area contributed by atoms with Gasteiger partial charge in [0.25, 0.3) is 0 Å². The molecule has 1 atom stereocenters. The van der Waals surface area contributed by atoms with E-state index in [9.17, 15) is 4.79 Å². The van der Waals surface area contributed by atoms with Crippen molar-refractivity contribution < 1.29 is 14.3 Å². The molecule has 0 heterocycles. The third kappa shape index (κ3) is 10.5. The molecule has 0 aliphatic heterocycles. The van der Waals surface area contributed by atoms with Crippen molar-refractivity contribution >= 4 is 6.16 Å². The highest BCUT2D eigenvalue weighted by molar-refractivity contribution is 5.64. The van der Waals surface area contributed by atoms with Crippen LogP contribution in [0.3, 0.4) is 0 Å². The van der Waals surface area contributed by atoms with Crippen LogP contribution in [0.15, 0.2) is 24.3 Å². The fourth-order valence-electron chi connectivity index (χ4n) is 2.60. The molecule has 0 saturated carbocycles. The molecule has 0 saturated heterocycles. The molecule has 0 aliphatic carbocycles. The van der Waals surface area contributed by atoms with Gasteiger partial charge in [-0.2, -0.15) is 0 Å². The summed E-state index contributed by atoms with van der Waals surface area (Å²) in [5.74, 6) is 1.62. The van der Waals surface area contributed by atoms with E-state index in [1.807, 2.05) is 32.9 Å². The topological polar surface area (TPSA) is 35.5 Å². The van der Waals surface area contributed by atoms with E-state index < -0.39 is 11.8 Å². The lowest BCUT2D eigenvalue weighted by atomic mass is 9.72. The molecule has 3 heteroatoms. The third-order valence-electron chi connectivity index (χ3n) is 3.63. The smallest absolute Gasteiger partial charge is 0.428 e. The minimum absolute atomic E-state index is 0.192. The van der Waals surface area contributed by atoms with Gasteiger partial charge in [0.15, 0.2) is 0 Å². The maximum absolute atomic E-state index is 11.7. The molecular formula is C23H40O3. The molecule has 0 amide bonds. The van der Waals surface area contributed by atoms with Gasteiger partial charge in [0.05, 0.1) is 0 Å². The van der Waals surface area contributed by atoms with Crippen molar-refractivity contribution in [3.63, 3.8) is 0 Å². The van der Waals surface area contributed by atoms with Crippen LogP contribution in [-0.2, 0) is 4.74 Å². The SMILES string of the molecule is CC(C)CC(c1ccc(OC(=O)OC(C)(C)C)cc1)C(C)(C)C.CCC. The predicted molar refractivity (Wildman–Crippen MR) is 111 cm³/mol. The van der Waals surface area contributed by atoms with E-state index in [2.05, 4.69) is 60.6 Å². The van der Waals surface area contributed by atoms with Crippen LogP contribution >= 0.6 is 0 Å². The second-order valence-corrected chi connectivity index (χ2v) is 9.39. The summed E-state index contributed by atoms with van der Waals surface area (Å²) in [5.41, 5.74) is 0.923. The summed E-state index contributed by atoms with van der Waals surface area (Å²) >= 11 is 0. The molecule has 0 N–H and O–H groups in total. The molecule has 0 spiro atoms. The summed E-state index contributed by atoms with van der Waals surface area (Å²) in [6.07, 6.45) is 1.72. The predicted octanol–water partition coefficient (Wildman–Crippen LogP) is 7.59. The fraction of sp³-hybridized carbons (Fsp3) is 0.696. The lowest BCUT2D eigenvalue weighted by Crippen LogP contribution is -2.26. The van der Waals surface area contributed by atoms with Crippen molar-refractivity contribution in [1.29, 1.82) is 0 Å². The van der Waals surface area contributed by atoms with E-state index in [1.165, 1.54) is 12.0 Å². The standard InChI is InChI=1S/C20H32O3.C3H8/c1-14(2)13-17(19(3,4)5)15-9-11-16(12-10-15)22-18(21)23-20(6,7)8;1-3-2/h9-12,14,17H,13H2,1-8H3;3H2,1-2H3. The number of benzene rings is 1. The molecular weight excluding hydrogens is 324 g/mol. The number of carbonyl (C=O) groups is 1. The van der Waals surface area contributed by atoms with E-state index in [1.54, 1.807) is 0 Å². The van der Waals surface area contributed by atoms with Crippen LogP contribution < -0.4 is 4.74 Å². The zero-order valence-corrected chi connectivity index (χ0v) is 18.6. The van der Waals surface area contributed by atoms with Crippen molar-refractivity contribution in [2.45, 2.75) is 93.6 Å². The summed E-state index contributed by atoms with van der Waals surface area (Å²) in [5, 5.41) is 0. The number of hydrogen-bond acceptors (Lipinski definition) is 3. The van der Waals surface area contributed by atoms with Crippen molar-refractivity contribution in [2.75, 3.05) is 0 Å². The quantitative estimate of drug-likeness (QED) is 0.408. The molecule has 0 fully saturated rings. The molecule has 0 bridgehead atoms. The second kappa shape index (κ2) is 10.6. The van der Waals surface area contributed by atoms with Gasteiger partial charge < -0.3 is 9.47 Å². The second-order valence-electron chi connectivity index (χ2n) is 9.39. The minimum Gasteiger partial charge on any atom is -0.428 e. The Morgan fingerprint density at radius 1 is 0.962 bits per heavy atom. The third-order valence-corrected chi connectivity index (χ3v) is 3.63. The lowest BCUT2D eigenvalue weighted by molar-refractivity contribution is 0.0206. The van der Waals surface area contributed by atoms with E-state index in [4.69, 9.17) is 9.47 Å². The molecule has 26 heavy (non-hydrogen) atoms. The maximum Gasteiger partial charge on any atom is 0.514 e. The summed E-state index contributed by atoms with van der Waals surface area (Å²) in [6.45, 7) is 21.0. The van der Waals surface area contributed by atoms with Crippen molar-refractivity contribution in [2.24, 2.45) is 11.3 Å². The first-order chi connectivity index (χ1) is 11.8. The summed E-state index contributed by atoms with van der Waals surface area (Å²) in [6, 6.07) is 7.80. The van der Waals surface area contributed by atoms with Crippen molar-refractivity contribution in [1.82, 2.24) is 0 Å².